The molecule has 116 valence electrons. The number of aromatic nitrogens is 1. The SMILES string of the molecule is Cc1nc(-c2cccs2)sc1C(=O)Nc1ccc(C(N)=O)cc1. The van der Waals surface area contributed by atoms with Crippen molar-refractivity contribution in [3.63, 3.8) is 0 Å². The van der Waals surface area contributed by atoms with E-state index in [0.717, 1.165) is 9.88 Å². The van der Waals surface area contributed by atoms with Gasteiger partial charge in [-0.3, -0.25) is 9.59 Å². The van der Waals surface area contributed by atoms with E-state index in [2.05, 4.69) is 10.3 Å². The standard InChI is InChI=1S/C16H13N3O2S2/c1-9-13(23-16(18-9)12-3-2-8-22-12)15(21)19-11-6-4-10(5-7-11)14(17)20/h2-8H,1H3,(H2,17,20)(H,19,21). The number of rotatable bonds is 4. The lowest BCUT2D eigenvalue weighted by Crippen LogP contribution is -2.13. The fourth-order valence-corrected chi connectivity index (χ4v) is 3.78. The lowest BCUT2D eigenvalue weighted by molar-refractivity contribution is 0.0998. The summed E-state index contributed by atoms with van der Waals surface area (Å²) in [6.45, 7) is 1.82. The minimum atomic E-state index is -0.498. The maximum Gasteiger partial charge on any atom is 0.267 e. The van der Waals surface area contributed by atoms with Gasteiger partial charge in [-0.2, -0.15) is 0 Å². The van der Waals surface area contributed by atoms with Gasteiger partial charge in [-0.05, 0) is 42.6 Å². The quantitative estimate of drug-likeness (QED) is 0.760. The van der Waals surface area contributed by atoms with E-state index in [9.17, 15) is 9.59 Å². The van der Waals surface area contributed by atoms with Crippen LogP contribution < -0.4 is 11.1 Å². The Hall–Kier alpha value is -2.51. The highest BCUT2D eigenvalue weighted by Gasteiger charge is 2.17. The highest BCUT2D eigenvalue weighted by Crippen LogP contribution is 2.31. The van der Waals surface area contributed by atoms with E-state index in [1.165, 1.54) is 11.3 Å². The zero-order valence-electron chi connectivity index (χ0n) is 12.2. The highest BCUT2D eigenvalue weighted by atomic mass is 32.1. The Morgan fingerprint density at radius 1 is 1.17 bits per heavy atom. The van der Waals surface area contributed by atoms with Gasteiger partial charge in [-0.1, -0.05) is 6.07 Å². The number of hydrogen-bond acceptors (Lipinski definition) is 5. The predicted octanol–water partition coefficient (Wildman–Crippen LogP) is 3.53. The molecule has 0 radical (unpaired) electrons. The summed E-state index contributed by atoms with van der Waals surface area (Å²) in [5.74, 6) is -0.712. The number of benzene rings is 1. The number of carbonyl (C=O) groups excluding carboxylic acids is 2. The van der Waals surface area contributed by atoms with E-state index in [1.54, 1.807) is 35.6 Å². The Morgan fingerprint density at radius 2 is 1.91 bits per heavy atom. The topological polar surface area (TPSA) is 85.1 Å². The number of thiazole rings is 1. The van der Waals surface area contributed by atoms with Gasteiger partial charge in [-0.15, -0.1) is 22.7 Å². The molecule has 2 aromatic heterocycles. The third kappa shape index (κ3) is 3.30. The number of anilines is 1. The van der Waals surface area contributed by atoms with Crippen LogP contribution in [0.15, 0.2) is 41.8 Å². The molecule has 3 N–H and O–H groups in total. The van der Waals surface area contributed by atoms with Crippen molar-refractivity contribution in [2.24, 2.45) is 5.73 Å². The van der Waals surface area contributed by atoms with E-state index >= 15 is 0 Å². The number of carbonyl (C=O) groups is 2. The number of hydrogen-bond donors (Lipinski definition) is 2. The van der Waals surface area contributed by atoms with E-state index in [-0.39, 0.29) is 5.91 Å². The van der Waals surface area contributed by atoms with Gasteiger partial charge in [0.2, 0.25) is 5.91 Å². The average Bonchev–Trinajstić information content (AvgIpc) is 3.16. The van der Waals surface area contributed by atoms with Gasteiger partial charge in [-0.25, -0.2) is 4.98 Å². The molecule has 5 nitrogen and oxygen atoms in total. The van der Waals surface area contributed by atoms with Crippen LogP contribution in [0.25, 0.3) is 9.88 Å². The van der Waals surface area contributed by atoms with Crippen LogP contribution in [-0.2, 0) is 0 Å². The molecule has 23 heavy (non-hydrogen) atoms. The molecule has 0 unspecified atom stereocenters. The molecule has 0 aliphatic carbocycles. The van der Waals surface area contributed by atoms with Crippen LogP contribution in [-0.4, -0.2) is 16.8 Å². The summed E-state index contributed by atoms with van der Waals surface area (Å²) in [6, 6.07) is 10.4. The first kappa shape index (κ1) is 15.4. The maximum atomic E-state index is 12.4. The van der Waals surface area contributed by atoms with Gasteiger partial charge in [0.05, 0.1) is 10.6 Å². The summed E-state index contributed by atoms with van der Waals surface area (Å²) in [6.07, 6.45) is 0. The van der Waals surface area contributed by atoms with Crippen molar-refractivity contribution in [1.29, 1.82) is 0 Å². The molecule has 3 aromatic rings. The molecule has 2 heterocycles. The molecule has 1 aromatic carbocycles. The highest BCUT2D eigenvalue weighted by molar-refractivity contribution is 7.22. The summed E-state index contributed by atoms with van der Waals surface area (Å²) in [5.41, 5.74) is 6.89. The van der Waals surface area contributed by atoms with E-state index in [1.807, 2.05) is 24.4 Å². The first-order valence-electron chi connectivity index (χ1n) is 6.77. The second-order valence-electron chi connectivity index (χ2n) is 4.81. The van der Waals surface area contributed by atoms with Crippen LogP contribution in [0.2, 0.25) is 0 Å². The molecule has 0 aliphatic rings. The van der Waals surface area contributed by atoms with Crippen LogP contribution in [0.3, 0.4) is 0 Å². The first-order valence-corrected chi connectivity index (χ1v) is 8.47. The fourth-order valence-electron chi connectivity index (χ4n) is 2.02. The number of thiophene rings is 1. The number of nitrogens with one attached hydrogen (secondary N) is 1. The van der Waals surface area contributed by atoms with Crippen molar-refractivity contribution >= 4 is 40.2 Å². The van der Waals surface area contributed by atoms with Gasteiger partial charge in [0, 0.05) is 11.3 Å². The molecule has 3 rings (SSSR count). The zero-order chi connectivity index (χ0) is 16.4. The molecular weight excluding hydrogens is 330 g/mol. The number of nitrogens with zero attached hydrogens (tertiary/aromatic N) is 1. The molecule has 0 aliphatic heterocycles. The van der Waals surface area contributed by atoms with E-state index in [0.29, 0.717) is 21.8 Å². The van der Waals surface area contributed by atoms with Crippen LogP contribution in [0, 0.1) is 6.92 Å². The predicted molar refractivity (Wildman–Crippen MR) is 93.1 cm³/mol. The molecule has 0 spiro atoms. The Labute approximate surface area is 140 Å². The van der Waals surface area contributed by atoms with Gasteiger partial charge in [0.25, 0.3) is 5.91 Å². The summed E-state index contributed by atoms with van der Waals surface area (Å²) >= 11 is 2.96. The van der Waals surface area contributed by atoms with E-state index < -0.39 is 5.91 Å². The van der Waals surface area contributed by atoms with Crippen LogP contribution in [0.4, 0.5) is 5.69 Å². The van der Waals surface area contributed by atoms with Crippen molar-refractivity contribution in [2.45, 2.75) is 6.92 Å². The van der Waals surface area contributed by atoms with Crippen molar-refractivity contribution in [2.75, 3.05) is 5.32 Å². The first-order chi connectivity index (χ1) is 11.0. The monoisotopic (exact) mass is 343 g/mol. The van der Waals surface area contributed by atoms with Crippen LogP contribution >= 0.6 is 22.7 Å². The average molecular weight is 343 g/mol. The van der Waals surface area contributed by atoms with Crippen molar-refractivity contribution in [1.82, 2.24) is 4.98 Å². The third-order valence-electron chi connectivity index (χ3n) is 3.16. The van der Waals surface area contributed by atoms with Gasteiger partial charge in [0.1, 0.15) is 9.88 Å². The minimum Gasteiger partial charge on any atom is -0.366 e. The number of amides is 2. The van der Waals surface area contributed by atoms with Gasteiger partial charge >= 0.3 is 0 Å². The molecule has 7 heteroatoms. The molecule has 0 atom stereocenters. The van der Waals surface area contributed by atoms with Gasteiger partial charge in [0.15, 0.2) is 0 Å². The molecule has 0 bridgehead atoms. The zero-order valence-corrected chi connectivity index (χ0v) is 13.8. The smallest absolute Gasteiger partial charge is 0.267 e. The van der Waals surface area contributed by atoms with Crippen molar-refractivity contribution in [3.8, 4) is 9.88 Å². The number of primary amides is 1. The number of nitrogens with two attached hydrogens (primary N) is 1. The summed E-state index contributed by atoms with van der Waals surface area (Å²) in [5, 5.41) is 5.62. The molecule has 2 amide bonds. The summed E-state index contributed by atoms with van der Waals surface area (Å²) in [4.78, 5) is 29.5. The second kappa shape index (κ2) is 6.31. The summed E-state index contributed by atoms with van der Waals surface area (Å²) < 4.78 is 0. The Morgan fingerprint density at radius 3 is 2.52 bits per heavy atom. The van der Waals surface area contributed by atoms with Crippen molar-refractivity contribution in [3.05, 3.63) is 57.9 Å². The Balaban J connectivity index is 1.79. The normalized spacial score (nSPS) is 10.5. The molecule has 0 saturated heterocycles. The van der Waals surface area contributed by atoms with Crippen molar-refractivity contribution < 1.29 is 9.59 Å². The number of aryl methyl sites for hydroxylation is 1. The Bertz CT molecular complexity index is 852. The summed E-state index contributed by atoms with van der Waals surface area (Å²) in [7, 11) is 0. The fraction of sp³-hybridized carbons (Fsp3) is 0.0625. The van der Waals surface area contributed by atoms with Crippen LogP contribution in [0.1, 0.15) is 25.7 Å². The molecule has 0 fully saturated rings. The molecular formula is C16H13N3O2S2. The lowest BCUT2D eigenvalue weighted by atomic mass is 10.2. The molecule has 0 saturated carbocycles. The van der Waals surface area contributed by atoms with E-state index in [4.69, 9.17) is 5.73 Å². The maximum absolute atomic E-state index is 12.4. The third-order valence-corrected chi connectivity index (χ3v) is 5.36. The van der Waals surface area contributed by atoms with Crippen LogP contribution in [0.5, 0.6) is 0 Å². The minimum absolute atomic E-state index is 0.213. The van der Waals surface area contributed by atoms with Gasteiger partial charge < -0.3 is 11.1 Å². The largest absolute Gasteiger partial charge is 0.366 e. The second-order valence-corrected chi connectivity index (χ2v) is 6.75. The lowest BCUT2D eigenvalue weighted by Gasteiger charge is -2.04. The Kier molecular flexibility index (Phi) is 4.22.